The maximum Gasteiger partial charge on any atom is 0.315 e. The zero-order valence-corrected chi connectivity index (χ0v) is 11.1. The van der Waals surface area contributed by atoms with Gasteiger partial charge in [0, 0.05) is 0 Å². The van der Waals surface area contributed by atoms with Crippen molar-refractivity contribution in [2.24, 2.45) is 0 Å². The Morgan fingerprint density at radius 1 is 1.33 bits per heavy atom. The molecule has 1 rings (SSSR count). The highest BCUT2D eigenvalue weighted by Crippen LogP contribution is 2.20. The third-order valence-corrected chi connectivity index (χ3v) is 4.44. The van der Waals surface area contributed by atoms with Gasteiger partial charge in [0.2, 0.25) is 0 Å². The third-order valence-electron chi connectivity index (χ3n) is 2.69. The Morgan fingerprint density at radius 2 is 1.89 bits per heavy atom. The maximum absolute atomic E-state index is 11.6. The molecule has 1 atom stereocenters. The topological polar surface area (TPSA) is 80.7 Å². The monoisotopic (exact) mass is 272 g/mol. The summed E-state index contributed by atoms with van der Waals surface area (Å²) in [6.07, 6.45) is 0. The van der Waals surface area contributed by atoms with Crippen LogP contribution in [-0.2, 0) is 19.4 Å². The molecule has 0 radical (unpaired) electrons. The molecule has 0 heterocycles. The molecule has 0 amide bonds. The predicted octanol–water partition coefficient (Wildman–Crippen LogP) is 0.729. The standard InChI is InChI=1S/C12H16O5S/c1-3-18(15,16)10-6-4-9(5-7-10)11(8-13)12(14)17-2/h4-7,11,13H,3,8H2,1-2H3. The SMILES string of the molecule is CCS(=O)(=O)c1ccc(C(CO)C(=O)OC)cc1. The summed E-state index contributed by atoms with van der Waals surface area (Å²) in [5.41, 5.74) is 0.527. The molecule has 100 valence electrons. The molecule has 18 heavy (non-hydrogen) atoms. The number of benzene rings is 1. The first-order valence-corrected chi connectivity index (χ1v) is 7.13. The largest absolute Gasteiger partial charge is 0.468 e. The van der Waals surface area contributed by atoms with Gasteiger partial charge in [-0.05, 0) is 17.7 Å². The van der Waals surface area contributed by atoms with Gasteiger partial charge in [0.1, 0.15) is 5.92 Å². The van der Waals surface area contributed by atoms with Gasteiger partial charge >= 0.3 is 5.97 Å². The molecule has 0 aliphatic rings. The fourth-order valence-electron chi connectivity index (χ4n) is 1.53. The summed E-state index contributed by atoms with van der Waals surface area (Å²) in [6.45, 7) is 1.18. The van der Waals surface area contributed by atoms with Crippen LogP contribution < -0.4 is 0 Å². The number of hydrogen-bond donors (Lipinski definition) is 1. The molecule has 0 aliphatic carbocycles. The molecule has 5 nitrogen and oxygen atoms in total. The Kier molecular flexibility index (Phi) is 4.86. The zero-order chi connectivity index (χ0) is 13.8. The molecule has 0 spiro atoms. The number of aliphatic hydroxyl groups excluding tert-OH is 1. The van der Waals surface area contributed by atoms with Crippen molar-refractivity contribution in [3.63, 3.8) is 0 Å². The summed E-state index contributed by atoms with van der Waals surface area (Å²) in [7, 11) is -2.01. The van der Waals surface area contributed by atoms with Crippen molar-refractivity contribution >= 4 is 15.8 Å². The third kappa shape index (κ3) is 3.08. The van der Waals surface area contributed by atoms with E-state index in [0.29, 0.717) is 5.56 Å². The molecule has 6 heteroatoms. The van der Waals surface area contributed by atoms with Crippen LogP contribution in [0.25, 0.3) is 0 Å². The Bertz CT molecular complexity index is 504. The van der Waals surface area contributed by atoms with Gasteiger partial charge in [-0.1, -0.05) is 19.1 Å². The van der Waals surface area contributed by atoms with Crippen molar-refractivity contribution in [2.75, 3.05) is 19.5 Å². The van der Waals surface area contributed by atoms with Crippen molar-refractivity contribution in [3.05, 3.63) is 29.8 Å². The van der Waals surface area contributed by atoms with E-state index in [-0.39, 0.29) is 17.3 Å². The van der Waals surface area contributed by atoms with Crippen LogP contribution >= 0.6 is 0 Å². The van der Waals surface area contributed by atoms with E-state index < -0.39 is 21.7 Å². The van der Waals surface area contributed by atoms with E-state index in [1.54, 1.807) is 6.92 Å². The first-order chi connectivity index (χ1) is 8.46. The van der Waals surface area contributed by atoms with Crippen molar-refractivity contribution in [1.29, 1.82) is 0 Å². The van der Waals surface area contributed by atoms with E-state index in [1.165, 1.54) is 31.4 Å². The van der Waals surface area contributed by atoms with Gasteiger partial charge in [-0.15, -0.1) is 0 Å². The van der Waals surface area contributed by atoms with Crippen molar-refractivity contribution in [3.8, 4) is 0 Å². The highest BCUT2D eigenvalue weighted by Gasteiger charge is 2.21. The number of hydrogen-bond acceptors (Lipinski definition) is 5. The molecule has 1 aromatic rings. The van der Waals surface area contributed by atoms with Crippen LogP contribution in [0.1, 0.15) is 18.4 Å². The second-order valence-corrected chi connectivity index (χ2v) is 6.01. The van der Waals surface area contributed by atoms with E-state index >= 15 is 0 Å². The Balaban J connectivity index is 3.05. The molecule has 1 unspecified atom stereocenters. The van der Waals surface area contributed by atoms with Gasteiger partial charge in [0.05, 0.1) is 24.4 Å². The molecule has 0 saturated carbocycles. The molecular weight excluding hydrogens is 256 g/mol. The van der Waals surface area contributed by atoms with Gasteiger partial charge in [-0.2, -0.15) is 0 Å². The minimum Gasteiger partial charge on any atom is -0.468 e. The van der Waals surface area contributed by atoms with Crippen molar-refractivity contribution in [1.82, 2.24) is 0 Å². The number of rotatable bonds is 5. The summed E-state index contributed by atoms with van der Waals surface area (Å²) in [5, 5.41) is 9.14. The zero-order valence-electron chi connectivity index (χ0n) is 10.3. The van der Waals surface area contributed by atoms with Gasteiger partial charge in [0.15, 0.2) is 9.84 Å². The lowest BCUT2D eigenvalue weighted by Gasteiger charge is -2.12. The van der Waals surface area contributed by atoms with E-state index in [1.807, 2.05) is 0 Å². The summed E-state index contributed by atoms with van der Waals surface area (Å²) in [6, 6.07) is 5.89. The number of ether oxygens (including phenoxy) is 1. The quantitative estimate of drug-likeness (QED) is 0.799. The average molecular weight is 272 g/mol. The Morgan fingerprint density at radius 3 is 2.28 bits per heavy atom. The van der Waals surface area contributed by atoms with Crippen LogP contribution in [0.5, 0.6) is 0 Å². The minimum atomic E-state index is -3.25. The number of sulfone groups is 1. The smallest absolute Gasteiger partial charge is 0.315 e. The van der Waals surface area contributed by atoms with Crippen LogP contribution in [0.3, 0.4) is 0 Å². The van der Waals surface area contributed by atoms with Gasteiger partial charge in [0.25, 0.3) is 0 Å². The number of methoxy groups -OCH3 is 1. The lowest BCUT2D eigenvalue weighted by molar-refractivity contribution is -0.143. The van der Waals surface area contributed by atoms with Crippen LogP contribution in [0.2, 0.25) is 0 Å². The number of aliphatic hydroxyl groups is 1. The van der Waals surface area contributed by atoms with Crippen LogP contribution in [-0.4, -0.2) is 39.0 Å². The van der Waals surface area contributed by atoms with Crippen LogP contribution in [0.15, 0.2) is 29.2 Å². The second kappa shape index (κ2) is 5.97. The number of carbonyl (C=O) groups is 1. The highest BCUT2D eigenvalue weighted by atomic mass is 32.2. The first-order valence-electron chi connectivity index (χ1n) is 5.47. The normalized spacial score (nSPS) is 13.1. The average Bonchev–Trinajstić information content (AvgIpc) is 2.40. The molecule has 0 fully saturated rings. The van der Waals surface area contributed by atoms with Crippen LogP contribution in [0.4, 0.5) is 0 Å². The summed E-state index contributed by atoms with van der Waals surface area (Å²) in [4.78, 5) is 11.6. The van der Waals surface area contributed by atoms with E-state index in [4.69, 9.17) is 5.11 Å². The molecule has 0 aromatic heterocycles. The van der Waals surface area contributed by atoms with Gasteiger partial charge < -0.3 is 9.84 Å². The van der Waals surface area contributed by atoms with E-state index in [9.17, 15) is 13.2 Å². The Hall–Kier alpha value is -1.40. The van der Waals surface area contributed by atoms with Gasteiger partial charge in [-0.3, -0.25) is 4.79 Å². The summed E-state index contributed by atoms with van der Waals surface area (Å²) in [5.74, 6) is -1.32. The van der Waals surface area contributed by atoms with E-state index in [0.717, 1.165) is 0 Å². The van der Waals surface area contributed by atoms with E-state index in [2.05, 4.69) is 4.74 Å². The van der Waals surface area contributed by atoms with Crippen molar-refractivity contribution in [2.45, 2.75) is 17.7 Å². The lowest BCUT2D eigenvalue weighted by atomic mass is 10.0. The molecular formula is C12H16O5S. The highest BCUT2D eigenvalue weighted by molar-refractivity contribution is 7.91. The molecule has 1 aromatic carbocycles. The van der Waals surface area contributed by atoms with Crippen molar-refractivity contribution < 1.29 is 23.1 Å². The predicted molar refractivity (Wildman–Crippen MR) is 66.0 cm³/mol. The molecule has 0 bridgehead atoms. The second-order valence-electron chi connectivity index (χ2n) is 3.73. The number of carbonyl (C=O) groups excluding carboxylic acids is 1. The Labute approximate surface area is 106 Å². The minimum absolute atomic E-state index is 0.0206. The molecule has 0 aliphatic heterocycles. The van der Waals surface area contributed by atoms with Gasteiger partial charge in [-0.25, -0.2) is 8.42 Å². The first kappa shape index (κ1) is 14.7. The van der Waals surface area contributed by atoms with Crippen LogP contribution in [0, 0.1) is 0 Å². The fraction of sp³-hybridized carbons (Fsp3) is 0.417. The number of esters is 1. The molecule has 0 saturated heterocycles. The lowest BCUT2D eigenvalue weighted by Crippen LogP contribution is -2.18. The summed E-state index contributed by atoms with van der Waals surface area (Å²) >= 11 is 0. The molecule has 1 N–H and O–H groups in total. The summed E-state index contributed by atoms with van der Waals surface area (Å²) < 4.78 is 27.8. The maximum atomic E-state index is 11.6. The fourth-order valence-corrected chi connectivity index (χ4v) is 2.42.